The summed E-state index contributed by atoms with van der Waals surface area (Å²) in [6, 6.07) is 10.9. The first-order chi connectivity index (χ1) is 8.24. The van der Waals surface area contributed by atoms with Gasteiger partial charge in [0.05, 0.1) is 0 Å². The average Bonchev–Trinajstić information content (AvgIpc) is 2.97. The Morgan fingerprint density at radius 2 is 2.18 bits per heavy atom. The van der Waals surface area contributed by atoms with E-state index < -0.39 is 0 Å². The molecule has 88 valence electrons. The van der Waals surface area contributed by atoms with Crippen LogP contribution >= 0.6 is 12.6 Å². The van der Waals surface area contributed by atoms with Gasteiger partial charge in [-0.3, -0.25) is 0 Å². The quantitative estimate of drug-likeness (QED) is 0.701. The molecule has 3 atom stereocenters. The first-order valence-corrected chi connectivity index (χ1v) is 6.99. The molecule has 4 rings (SSSR count). The molecule has 2 aliphatic rings. The van der Waals surface area contributed by atoms with Crippen molar-refractivity contribution in [1.82, 2.24) is 4.98 Å². The number of thiol groups is 1. The minimum atomic E-state index is 0.269. The van der Waals surface area contributed by atoms with Gasteiger partial charge < -0.3 is 4.98 Å². The number of hydrogen-bond donors (Lipinski definition) is 2. The highest BCUT2D eigenvalue weighted by Crippen LogP contribution is 2.59. The lowest BCUT2D eigenvalue weighted by Crippen LogP contribution is -2.24. The van der Waals surface area contributed by atoms with Crippen LogP contribution in [0, 0.1) is 5.92 Å². The van der Waals surface area contributed by atoms with E-state index in [0.29, 0.717) is 5.92 Å². The molecule has 3 unspecified atom stereocenters. The second kappa shape index (κ2) is 3.32. The number of aromatic nitrogens is 1. The van der Waals surface area contributed by atoms with Gasteiger partial charge in [0.15, 0.2) is 0 Å². The number of nitrogens with one attached hydrogen (secondary N) is 1. The molecular weight excluding hydrogens is 226 g/mol. The fourth-order valence-corrected chi connectivity index (χ4v) is 4.56. The summed E-state index contributed by atoms with van der Waals surface area (Å²) in [5, 5.41) is 1.34. The number of para-hydroxylation sites is 1. The number of aromatic amines is 1. The summed E-state index contributed by atoms with van der Waals surface area (Å²) >= 11 is 4.99. The molecule has 2 fully saturated rings. The summed E-state index contributed by atoms with van der Waals surface area (Å²) in [5.41, 5.74) is 2.67. The Bertz CT molecular complexity index is 540. The van der Waals surface area contributed by atoms with Crippen molar-refractivity contribution in [3.05, 3.63) is 36.0 Å². The lowest BCUT2D eigenvalue weighted by atomic mass is 9.85. The maximum Gasteiger partial charge on any atom is 0.0456 e. The number of fused-ring (bicyclic) bond motifs is 3. The standard InChI is InChI=1S/C15H17NS/c17-15-6-5-10(9-15)7-12(15)14-8-11-3-1-2-4-13(11)16-14/h1-4,8,10,12,16-17H,5-7,9H2. The first-order valence-electron chi connectivity index (χ1n) is 6.55. The van der Waals surface area contributed by atoms with Crippen molar-refractivity contribution >= 4 is 23.5 Å². The molecule has 1 aromatic heterocycles. The van der Waals surface area contributed by atoms with Crippen molar-refractivity contribution in [2.45, 2.75) is 36.3 Å². The molecule has 0 saturated heterocycles. The Morgan fingerprint density at radius 3 is 2.88 bits per heavy atom. The molecule has 2 heteroatoms. The van der Waals surface area contributed by atoms with Crippen molar-refractivity contribution in [1.29, 1.82) is 0 Å². The van der Waals surface area contributed by atoms with Gasteiger partial charge in [-0.25, -0.2) is 0 Å². The van der Waals surface area contributed by atoms with E-state index >= 15 is 0 Å². The van der Waals surface area contributed by atoms with Crippen LogP contribution in [0.15, 0.2) is 30.3 Å². The monoisotopic (exact) mass is 243 g/mol. The zero-order chi connectivity index (χ0) is 11.5. The lowest BCUT2D eigenvalue weighted by molar-refractivity contribution is 0.442. The Hall–Kier alpha value is -0.890. The van der Waals surface area contributed by atoms with E-state index in [0.717, 1.165) is 5.92 Å². The molecule has 1 aromatic carbocycles. The summed E-state index contributed by atoms with van der Waals surface area (Å²) < 4.78 is 0.269. The van der Waals surface area contributed by atoms with Crippen LogP contribution in [-0.2, 0) is 0 Å². The van der Waals surface area contributed by atoms with Crippen LogP contribution in [0.3, 0.4) is 0 Å². The van der Waals surface area contributed by atoms with Gasteiger partial charge in [-0.1, -0.05) is 18.2 Å². The number of hydrogen-bond acceptors (Lipinski definition) is 1. The van der Waals surface area contributed by atoms with E-state index in [1.807, 2.05) is 0 Å². The summed E-state index contributed by atoms with van der Waals surface area (Å²) in [5.74, 6) is 1.56. The van der Waals surface area contributed by atoms with Crippen LogP contribution < -0.4 is 0 Å². The predicted molar refractivity (Wildman–Crippen MR) is 74.7 cm³/mol. The highest BCUT2D eigenvalue weighted by Gasteiger charge is 2.50. The fraction of sp³-hybridized carbons (Fsp3) is 0.467. The van der Waals surface area contributed by atoms with Crippen molar-refractivity contribution in [2.75, 3.05) is 0 Å². The molecule has 2 aromatic rings. The lowest BCUT2D eigenvalue weighted by Gasteiger charge is -2.29. The highest BCUT2D eigenvalue weighted by molar-refractivity contribution is 7.81. The minimum absolute atomic E-state index is 0.269. The van der Waals surface area contributed by atoms with Crippen LogP contribution in [0.25, 0.3) is 10.9 Å². The van der Waals surface area contributed by atoms with Gasteiger partial charge in [-0.2, -0.15) is 12.6 Å². The zero-order valence-corrected chi connectivity index (χ0v) is 10.7. The second-order valence-corrected chi connectivity index (χ2v) is 6.70. The van der Waals surface area contributed by atoms with E-state index in [1.54, 1.807) is 0 Å². The molecule has 0 amide bonds. The fourth-order valence-electron chi connectivity index (χ4n) is 3.93. The van der Waals surface area contributed by atoms with Gasteiger partial charge in [0.1, 0.15) is 0 Å². The summed E-state index contributed by atoms with van der Waals surface area (Å²) in [7, 11) is 0. The molecule has 2 saturated carbocycles. The van der Waals surface area contributed by atoms with Gasteiger partial charge in [-0.05, 0) is 49.1 Å². The van der Waals surface area contributed by atoms with E-state index in [4.69, 9.17) is 12.6 Å². The number of benzene rings is 1. The van der Waals surface area contributed by atoms with Gasteiger partial charge >= 0.3 is 0 Å². The van der Waals surface area contributed by atoms with E-state index in [-0.39, 0.29) is 4.75 Å². The van der Waals surface area contributed by atoms with Gasteiger partial charge in [0.2, 0.25) is 0 Å². The maximum atomic E-state index is 4.99. The molecule has 0 radical (unpaired) electrons. The SMILES string of the molecule is SC12CCC(CC1c1cc3ccccc3[nH]1)C2. The Kier molecular flexibility index (Phi) is 1.97. The van der Waals surface area contributed by atoms with Crippen LogP contribution in [0.4, 0.5) is 0 Å². The van der Waals surface area contributed by atoms with E-state index in [1.165, 1.54) is 42.3 Å². The second-order valence-electron chi connectivity index (χ2n) is 5.81. The third-order valence-corrected chi connectivity index (χ3v) is 5.49. The van der Waals surface area contributed by atoms with Crippen molar-refractivity contribution < 1.29 is 0 Å². The van der Waals surface area contributed by atoms with Crippen LogP contribution in [0.5, 0.6) is 0 Å². The minimum Gasteiger partial charge on any atom is -0.358 e. The summed E-state index contributed by atoms with van der Waals surface area (Å²) in [6.07, 6.45) is 5.33. The Balaban J connectivity index is 1.80. The van der Waals surface area contributed by atoms with Crippen molar-refractivity contribution in [2.24, 2.45) is 5.92 Å². The summed E-state index contributed by atoms with van der Waals surface area (Å²) in [4.78, 5) is 3.60. The molecule has 17 heavy (non-hydrogen) atoms. The topological polar surface area (TPSA) is 15.8 Å². The average molecular weight is 243 g/mol. The van der Waals surface area contributed by atoms with E-state index in [9.17, 15) is 0 Å². The third kappa shape index (κ3) is 1.40. The molecular formula is C15H17NS. The van der Waals surface area contributed by atoms with Crippen molar-refractivity contribution in [3.8, 4) is 0 Å². The molecule has 1 nitrogen and oxygen atoms in total. The van der Waals surface area contributed by atoms with Crippen LogP contribution in [-0.4, -0.2) is 9.73 Å². The van der Waals surface area contributed by atoms with Crippen molar-refractivity contribution in [3.63, 3.8) is 0 Å². The Morgan fingerprint density at radius 1 is 1.29 bits per heavy atom. The zero-order valence-electron chi connectivity index (χ0n) is 9.82. The normalized spacial score (nSPS) is 35.8. The molecule has 2 aliphatic carbocycles. The molecule has 0 spiro atoms. The highest BCUT2D eigenvalue weighted by atomic mass is 32.1. The molecule has 0 aliphatic heterocycles. The third-order valence-electron chi connectivity index (χ3n) is 4.77. The van der Waals surface area contributed by atoms with Gasteiger partial charge in [-0.15, -0.1) is 0 Å². The van der Waals surface area contributed by atoms with Gasteiger partial charge in [0.25, 0.3) is 0 Å². The Labute approximate surface area is 107 Å². The number of H-pyrrole nitrogens is 1. The van der Waals surface area contributed by atoms with Crippen LogP contribution in [0.2, 0.25) is 0 Å². The first kappa shape index (κ1) is 10.1. The number of rotatable bonds is 1. The van der Waals surface area contributed by atoms with Crippen LogP contribution in [0.1, 0.15) is 37.3 Å². The molecule has 1 heterocycles. The predicted octanol–water partition coefficient (Wildman–Crippen LogP) is 4.12. The van der Waals surface area contributed by atoms with E-state index in [2.05, 4.69) is 35.3 Å². The summed E-state index contributed by atoms with van der Waals surface area (Å²) in [6.45, 7) is 0. The molecule has 2 bridgehead atoms. The smallest absolute Gasteiger partial charge is 0.0456 e. The molecule has 1 N–H and O–H groups in total. The maximum absolute atomic E-state index is 4.99. The largest absolute Gasteiger partial charge is 0.358 e. The van der Waals surface area contributed by atoms with Gasteiger partial charge in [0, 0.05) is 21.9 Å².